The molecular formula is C58H108O6. The van der Waals surface area contributed by atoms with E-state index in [2.05, 4.69) is 45.1 Å². The van der Waals surface area contributed by atoms with Crippen molar-refractivity contribution in [3.8, 4) is 0 Å². The van der Waals surface area contributed by atoms with Gasteiger partial charge in [0.1, 0.15) is 13.2 Å². The summed E-state index contributed by atoms with van der Waals surface area (Å²) >= 11 is 0. The predicted octanol–water partition coefficient (Wildman–Crippen LogP) is 18.7. The average Bonchev–Trinajstić information content (AvgIpc) is 3.29. The first-order valence-electron chi connectivity index (χ1n) is 28.3. The molecule has 0 heterocycles. The molecule has 0 aromatic carbocycles. The lowest BCUT2D eigenvalue weighted by molar-refractivity contribution is -0.167. The number of allylic oxidation sites excluding steroid dienone is 4. The van der Waals surface area contributed by atoms with Crippen LogP contribution in [0.4, 0.5) is 0 Å². The second-order valence-electron chi connectivity index (χ2n) is 19.2. The minimum Gasteiger partial charge on any atom is -0.462 e. The van der Waals surface area contributed by atoms with Crippen molar-refractivity contribution in [3.05, 3.63) is 24.3 Å². The van der Waals surface area contributed by atoms with Gasteiger partial charge in [0.15, 0.2) is 6.10 Å². The van der Waals surface area contributed by atoms with Crippen molar-refractivity contribution < 1.29 is 28.6 Å². The Morgan fingerprint density at radius 2 is 0.516 bits per heavy atom. The highest BCUT2D eigenvalue weighted by Gasteiger charge is 2.19. The molecule has 0 aromatic rings. The topological polar surface area (TPSA) is 78.9 Å². The van der Waals surface area contributed by atoms with E-state index in [1.807, 2.05) is 0 Å². The van der Waals surface area contributed by atoms with Crippen LogP contribution in [0.25, 0.3) is 0 Å². The average molecular weight is 901 g/mol. The van der Waals surface area contributed by atoms with Crippen LogP contribution in [0.3, 0.4) is 0 Å². The standard InChI is InChI=1S/C58H108O6/c1-4-7-10-13-16-19-22-25-27-29-31-33-36-39-42-45-48-51-57(60)63-54-55(53-62-56(59)50-47-44-41-38-35-32-24-21-18-15-12-9-6-3)64-58(61)52-49-46-43-40-37-34-30-28-26-23-20-17-14-11-8-5-2/h21,24-25,27,55H,4-20,22-23,26,28-54H2,1-3H3/b24-21-,27-25-. The molecule has 0 amide bonds. The van der Waals surface area contributed by atoms with Crippen LogP contribution in [-0.2, 0) is 28.6 Å². The fourth-order valence-corrected chi connectivity index (χ4v) is 8.37. The summed E-state index contributed by atoms with van der Waals surface area (Å²) in [6.45, 7) is 6.65. The van der Waals surface area contributed by atoms with Crippen LogP contribution in [0.2, 0.25) is 0 Å². The van der Waals surface area contributed by atoms with E-state index in [1.165, 1.54) is 205 Å². The molecule has 0 aliphatic rings. The maximum Gasteiger partial charge on any atom is 0.306 e. The lowest BCUT2D eigenvalue weighted by Crippen LogP contribution is -2.30. The third-order valence-electron chi connectivity index (χ3n) is 12.7. The first-order chi connectivity index (χ1) is 31.5. The molecule has 0 N–H and O–H groups in total. The van der Waals surface area contributed by atoms with Crippen LogP contribution in [-0.4, -0.2) is 37.2 Å². The van der Waals surface area contributed by atoms with Gasteiger partial charge in [0.25, 0.3) is 0 Å². The molecule has 0 spiro atoms. The highest BCUT2D eigenvalue weighted by molar-refractivity contribution is 5.71. The largest absolute Gasteiger partial charge is 0.462 e. The summed E-state index contributed by atoms with van der Waals surface area (Å²) in [5, 5.41) is 0. The number of ether oxygens (including phenoxy) is 3. The van der Waals surface area contributed by atoms with Gasteiger partial charge >= 0.3 is 17.9 Å². The van der Waals surface area contributed by atoms with E-state index in [4.69, 9.17) is 14.2 Å². The van der Waals surface area contributed by atoms with E-state index in [0.717, 1.165) is 64.2 Å². The lowest BCUT2D eigenvalue weighted by Gasteiger charge is -2.18. The number of unbranched alkanes of at least 4 members (excludes halogenated alkanes) is 37. The van der Waals surface area contributed by atoms with Gasteiger partial charge in [-0.05, 0) is 70.6 Å². The van der Waals surface area contributed by atoms with E-state index in [1.54, 1.807) is 0 Å². The van der Waals surface area contributed by atoms with E-state index in [-0.39, 0.29) is 31.1 Å². The number of hydrogen-bond donors (Lipinski definition) is 0. The van der Waals surface area contributed by atoms with E-state index >= 15 is 0 Å². The summed E-state index contributed by atoms with van der Waals surface area (Å²) in [6, 6.07) is 0. The molecule has 0 aromatic heterocycles. The monoisotopic (exact) mass is 901 g/mol. The Labute approximate surface area is 398 Å². The van der Waals surface area contributed by atoms with Gasteiger partial charge in [-0.2, -0.15) is 0 Å². The normalized spacial score (nSPS) is 12.1. The summed E-state index contributed by atoms with van der Waals surface area (Å²) in [7, 11) is 0. The lowest BCUT2D eigenvalue weighted by atomic mass is 10.0. The molecule has 64 heavy (non-hydrogen) atoms. The maximum absolute atomic E-state index is 12.8. The zero-order valence-corrected chi connectivity index (χ0v) is 43.1. The molecule has 376 valence electrons. The summed E-state index contributed by atoms with van der Waals surface area (Å²) in [6.07, 6.45) is 61.6. The summed E-state index contributed by atoms with van der Waals surface area (Å²) in [4.78, 5) is 38.1. The van der Waals surface area contributed by atoms with Crippen molar-refractivity contribution in [2.45, 2.75) is 316 Å². The molecule has 1 unspecified atom stereocenters. The van der Waals surface area contributed by atoms with Crippen molar-refractivity contribution >= 4 is 17.9 Å². The van der Waals surface area contributed by atoms with Crippen LogP contribution in [0.1, 0.15) is 310 Å². The smallest absolute Gasteiger partial charge is 0.306 e. The molecule has 0 aliphatic carbocycles. The first-order valence-corrected chi connectivity index (χ1v) is 28.3. The number of hydrogen-bond acceptors (Lipinski definition) is 6. The van der Waals surface area contributed by atoms with Crippen molar-refractivity contribution in [1.29, 1.82) is 0 Å². The maximum atomic E-state index is 12.8. The Kier molecular flexibility index (Phi) is 51.7. The highest BCUT2D eigenvalue weighted by atomic mass is 16.6. The highest BCUT2D eigenvalue weighted by Crippen LogP contribution is 2.16. The molecule has 6 heteroatoms. The van der Waals surface area contributed by atoms with Crippen molar-refractivity contribution in [2.24, 2.45) is 0 Å². The van der Waals surface area contributed by atoms with Gasteiger partial charge < -0.3 is 14.2 Å². The summed E-state index contributed by atoms with van der Waals surface area (Å²) < 4.78 is 16.9. The zero-order chi connectivity index (χ0) is 46.5. The van der Waals surface area contributed by atoms with Gasteiger partial charge in [0, 0.05) is 19.3 Å². The van der Waals surface area contributed by atoms with Gasteiger partial charge in [0.05, 0.1) is 0 Å². The molecule has 0 saturated heterocycles. The van der Waals surface area contributed by atoms with Crippen LogP contribution >= 0.6 is 0 Å². The third-order valence-corrected chi connectivity index (χ3v) is 12.7. The Bertz CT molecular complexity index is 1040. The van der Waals surface area contributed by atoms with Crippen molar-refractivity contribution in [2.75, 3.05) is 13.2 Å². The number of esters is 3. The molecule has 0 aliphatic heterocycles. The minimum absolute atomic E-state index is 0.0720. The molecule has 0 rings (SSSR count). The van der Waals surface area contributed by atoms with E-state index in [0.29, 0.717) is 19.3 Å². The third kappa shape index (κ3) is 50.9. The molecule has 0 radical (unpaired) electrons. The molecule has 0 fully saturated rings. The fourth-order valence-electron chi connectivity index (χ4n) is 8.37. The van der Waals surface area contributed by atoms with Crippen molar-refractivity contribution in [1.82, 2.24) is 0 Å². The number of carbonyl (C=O) groups excluding carboxylic acids is 3. The Hall–Kier alpha value is -2.11. The zero-order valence-electron chi connectivity index (χ0n) is 43.1. The quantitative estimate of drug-likeness (QED) is 0.0262. The molecule has 1 atom stereocenters. The van der Waals surface area contributed by atoms with Crippen LogP contribution in [0, 0.1) is 0 Å². The second kappa shape index (κ2) is 53.5. The Morgan fingerprint density at radius 1 is 0.297 bits per heavy atom. The van der Waals surface area contributed by atoms with Gasteiger partial charge in [-0.3, -0.25) is 14.4 Å². The fraction of sp³-hybridized carbons (Fsp3) is 0.879. The summed E-state index contributed by atoms with van der Waals surface area (Å²) in [5.74, 6) is -0.866. The predicted molar refractivity (Wildman–Crippen MR) is 275 cm³/mol. The van der Waals surface area contributed by atoms with Gasteiger partial charge in [-0.1, -0.05) is 244 Å². The van der Waals surface area contributed by atoms with Gasteiger partial charge in [-0.25, -0.2) is 0 Å². The Morgan fingerprint density at radius 3 is 0.797 bits per heavy atom. The van der Waals surface area contributed by atoms with Crippen LogP contribution < -0.4 is 0 Å². The number of carbonyl (C=O) groups is 3. The molecule has 6 nitrogen and oxygen atoms in total. The van der Waals surface area contributed by atoms with Crippen molar-refractivity contribution in [3.63, 3.8) is 0 Å². The molecule has 0 bridgehead atoms. The summed E-state index contributed by atoms with van der Waals surface area (Å²) in [5.41, 5.74) is 0. The van der Waals surface area contributed by atoms with Crippen LogP contribution in [0.15, 0.2) is 24.3 Å². The second-order valence-corrected chi connectivity index (χ2v) is 19.2. The van der Waals surface area contributed by atoms with Gasteiger partial charge in [0.2, 0.25) is 0 Å². The SMILES string of the molecule is CCCCCC/C=C\CCCCCCCC(=O)OCC(COC(=O)CCCCCCCCC/C=C\CCCCCCCC)OC(=O)CCCCCCCCCCCCCCCCCC. The Balaban J connectivity index is 4.34. The van der Waals surface area contributed by atoms with E-state index in [9.17, 15) is 14.4 Å². The van der Waals surface area contributed by atoms with Crippen LogP contribution in [0.5, 0.6) is 0 Å². The minimum atomic E-state index is -0.772. The molecular weight excluding hydrogens is 793 g/mol. The van der Waals surface area contributed by atoms with E-state index < -0.39 is 6.10 Å². The first kappa shape index (κ1) is 61.9. The molecule has 0 saturated carbocycles. The number of rotatable bonds is 52. The van der Waals surface area contributed by atoms with Gasteiger partial charge in [-0.15, -0.1) is 0 Å².